The Morgan fingerprint density at radius 1 is 1.71 bits per heavy atom. The van der Waals surface area contributed by atoms with Crippen LogP contribution in [0.5, 0.6) is 0 Å². The second-order valence-electron chi connectivity index (χ2n) is 2.65. The fraction of sp³-hybridized carbons (Fsp3) is 0.286. The van der Waals surface area contributed by atoms with Crippen molar-refractivity contribution in [1.29, 1.82) is 5.41 Å². The molecule has 0 fully saturated rings. The van der Waals surface area contributed by atoms with Crippen LogP contribution >= 0.6 is 0 Å². The summed E-state index contributed by atoms with van der Waals surface area (Å²) in [4.78, 5) is 11.0. The number of anilines is 1. The minimum Gasteiger partial charge on any atom is -0.384 e. The lowest BCUT2D eigenvalue weighted by Crippen LogP contribution is -2.27. The van der Waals surface area contributed by atoms with Crippen LogP contribution in [0, 0.1) is 5.41 Å². The first-order valence-electron chi connectivity index (χ1n) is 3.91. The number of nitrogens with zero attached hydrogens (tertiary/aromatic N) is 2. The van der Waals surface area contributed by atoms with Crippen LogP contribution < -0.4 is 16.4 Å². The summed E-state index contributed by atoms with van der Waals surface area (Å²) in [6.07, 6.45) is 1.42. The van der Waals surface area contributed by atoms with Crippen molar-refractivity contribution < 1.29 is 4.79 Å². The van der Waals surface area contributed by atoms with E-state index in [9.17, 15) is 4.79 Å². The molecule has 7 heteroatoms. The minimum absolute atomic E-state index is 0.135. The van der Waals surface area contributed by atoms with E-state index in [-0.39, 0.29) is 11.9 Å². The number of hydrogen-bond acceptors (Lipinski definition) is 3. The Morgan fingerprint density at radius 3 is 2.86 bits per heavy atom. The first-order valence-corrected chi connectivity index (χ1v) is 3.91. The van der Waals surface area contributed by atoms with E-state index in [0.29, 0.717) is 11.4 Å². The van der Waals surface area contributed by atoms with Gasteiger partial charge < -0.3 is 11.1 Å². The lowest BCUT2D eigenvalue weighted by atomic mass is 10.3. The molecule has 0 aliphatic carbocycles. The normalized spacial score (nSPS) is 9.57. The van der Waals surface area contributed by atoms with Crippen LogP contribution in [-0.4, -0.2) is 28.7 Å². The molecular weight excluding hydrogens is 184 g/mol. The summed E-state index contributed by atoms with van der Waals surface area (Å²) in [6, 6.07) is -0.379. The molecule has 1 heterocycles. The summed E-state index contributed by atoms with van der Waals surface area (Å²) in [5.74, 6) is 0.265. The second kappa shape index (κ2) is 3.77. The number of aromatic nitrogens is 2. The van der Waals surface area contributed by atoms with Crippen molar-refractivity contribution in [3.8, 4) is 0 Å². The van der Waals surface area contributed by atoms with E-state index in [0.717, 1.165) is 0 Å². The highest BCUT2D eigenvalue weighted by atomic mass is 16.2. The van der Waals surface area contributed by atoms with Gasteiger partial charge in [-0.3, -0.25) is 15.4 Å². The van der Waals surface area contributed by atoms with Crippen molar-refractivity contribution in [2.75, 3.05) is 12.4 Å². The van der Waals surface area contributed by atoms with Gasteiger partial charge in [0, 0.05) is 14.1 Å². The molecule has 5 N–H and O–H groups in total. The molecule has 1 rings (SSSR count). The SMILES string of the molecule is CNC(=O)Nc1c(C(=N)N)cnn1C. The van der Waals surface area contributed by atoms with E-state index in [1.54, 1.807) is 7.05 Å². The van der Waals surface area contributed by atoms with Crippen LogP contribution in [0.3, 0.4) is 0 Å². The van der Waals surface area contributed by atoms with Gasteiger partial charge in [0.1, 0.15) is 11.7 Å². The van der Waals surface area contributed by atoms with E-state index < -0.39 is 0 Å². The van der Waals surface area contributed by atoms with Gasteiger partial charge in [-0.2, -0.15) is 5.10 Å². The van der Waals surface area contributed by atoms with Gasteiger partial charge in [0.15, 0.2) is 0 Å². The largest absolute Gasteiger partial charge is 0.384 e. The number of amidine groups is 1. The highest BCUT2D eigenvalue weighted by Gasteiger charge is 2.12. The lowest BCUT2D eigenvalue weighted by Gasteiger charge is -2.06. The summed E-state index contributed by atoms with van der Waals surface area (Å²) >= 11 is 0. The van der Waals surface area contributed by atoms with Crippen LogP contribution in [0.25, 0.3) is 0 Å². The van der Waals surface area contributed by atoms with Gasteiger partial charge in [0.05, 0.1) is 11.8 Å². The van der Waals surface area contributed by atoms with Gasteiger partial charge in [0.2, 0.25) is 0 Å². The number of nitrogens with one attached hydrogen (secondary N) is 3. The summed E-state index contributed by atoms with van der Waals surface area (Å²) < 4.78 is 1.44. The third-order valence-electron chi connectivity index (χ3n) is 1.69. The van der Waals surface area contributed by atoms with Crippen LogP contribution in [0.4, 0.5) is 10.6 Å². The van der Waals surface area contributed by atoms with Crippen molar-refractivity contribution in [3.05, 3.63) is 11.8 Å². The Balaban J connectivity index is 2.99. The number of carbonyl (C=O) groups excluding carboxylic acids is 1. The number of aryl methyl sites for hydroxylation is 1. The van der Waals surface area contributed by atoms with E-state index >= 15 is 0 Å². The first kappa shape index (κ1) is 10.0. The molecule has 7 nitrogen and oxygen atoms in total. The maximum atomic E-state index is 11.0. The monoisotopic (exact) mass is 196 g/mol. The maximum Gasteiger partial charge on any atom is 0.320 e. The third-order valence-corrected chi connectivity index (χ3v) is 1.69. The van der Waals surface area contributed by atoms with Crippen molar-refractivity contribution in [3.63, 3.8) is 0 Å². The summed E-state index contributed by atoms with van der Waals surface area (Å²) in [6.45, 7) is 0. The van der Waals surface area contributed by atoms with Crippen LogP contribution in [0.15, 0.2) is 6.20 Å². The predicted octanol–water partition coefficient (Wildman–Crippen LogP) is -0.545. The van der Waals surface area contributed by atoms with Crippen molar-refractivity contribution in [2.24, 2.45) is 12.8 Å². The van der Waals surface area contributed by atoms with E-state index in [1.165, 1.54) is 17.9 Å². The molecule has 76 valence electrons. The van der Waals surface area contributed by atoms with E-state index in [4.69, 9.17) is 11.1 Å². The van der Waals surface area contributed by atoms with Crippen molar-refractivity contribution in [2.45, 2.75) is 0 Å². The van der Waals surface area contributed by atoms with Gasteiger partial charge in [0.25, 0.3) is 0 Å². The Bertz CT molecular complexity index is 368. The number of nitrogen functional groups attached to an aromatic ring is 1. The highest BCUT2D eigenvalue weighted by Crippen LogP contribution is 2.12. The number of carbonyl (C=O) groups is 1. The molecule has 2 amide bonds. The Labute approximate surface area is 80.8 Å². The average Bonchev–Trinajstić information content (AvgIpc) is 2.48. The highest BCUT2D eigenvalue weighted by molar-refractivity contribution is 6.02. The fourth-order valence-corrected chi connectivity index (χ4v) is 0.953. The van der Waals surface area contributed by atoms with Crippen LogP contribution in [0.2, 0.25) is 0 Å². The van der Waals surface area contributed by atoms with E-state index in [2.05, 4.69) is 15.7 Å². The summed E-state index contributed by atoms with van der Waals surface area (Å²) in [5.41, 5.74) is 5.70. The maximum absolute atomic E-state index is 11.0. The molecule has 0 aliphatic rings. The number of nitrogens with two attached hydrogens (primary N) is 1. The van der Waals surface area contributed by atoms with Gasteiger partial charge >= 0.3 is 6.03 Å². The topological polar surface area (TPSA) is 109 Å². The molecule has 0 aliphatic heterocycles. The van der Waals surface area contributed by atoms with Gasteiger partial charge in [-0.15, -0.1) is 0 Å². The Kier molecular flexibility index (Phi) is 2.70. The fourth-order valence-electron chi connectivity index (χ4n) is 0.953. The molecular formula is C7H12N6O. The number of amides is 2. The van der Waals surface area contributed by atoms with Gasteiger partial charge in [-0.05, 0) is 0 Å². The quantitative estimate of drug-likeness (QED) is 0.376. The Hall–Kier alpha value is -2.05. The van der Waals surface area contributed by atoms with Crippen molar-refractivity contribution >= 4 is 17.7 Å². The van der Waals surface area contributed by atoms with Crippen molar-refractivity contribution in [1.82, 2.24) is 15.1 Å². The van der Waals surface area contributed by atoms with Crippen LogP contribution in [0.1, 0.15) is 5.56 Å². The van der Waals surface area contributed by atoms with Crippen LogP contribution in [-0.2, 0) is 7.05 Å². The van der Waals surface area contributed by atoms with Gasteiger partial charge in [-0.25, -0.2) is 4.79 Å². The molecule has 0 aromatic carbocycles. The number of urea groups is 1. The zero-order valence-corrected chi connectivity index (χ0v) is 7.96. The molecule has 0 spiro atoms. The number of hydrogen-bond donors (Lipinski definition) is 4. The molecule has 0 radical (unpaired) electrons. The minimum atomic E-state index is -0.379. The Morgan fingerprint density at radius 2 is 2.36 bits per heavy atom. The summed E-state index contributed by atoms with van der Waals surface area (Å²) in [7, 11) is 3.15. The molecule has 1 aromatic rings. The molecule has 1 aromatic heterocycles. The standard InChI is InChI=1S/C7H12N6O/c1-10-7(14)12-6-4(5(8)9)3-11-13(6)2/h3H,1-2H3,(H3,8,9)(H2,10,12,14). The summed E-state index contributed by atoms with van der Waals surface area (Å²) in [5, 5.41) is 16.0. The zero-order chi connectivity index (χ0) is 10.7. The molecule has 0 bridgehead atoms. The molecule has 0 unspecified atom stereocenters. The van der Waals surface area contributed by atoms with E-state index in [1.807, 2.05) is 0 Å². The zero-order valence-electron chi connectivity index (χ0n) is 7.96. The number of rotatable bonds is 2. The van der Waals surface area contributed by atoms with Gasteiger partial charge in [-0.1, -0.05) is 0 Å². The average molecular weight is 196 g/mol. The molecule has 0 saturated heterocycles. The second-order valence-corrected chi connectivity index (χ2v) is 2.65. The molecule has 0 saturated carbocycles. The molecule has 14 heavy (non-hydrogen) atoms. The molecule has 0 atom stereocenters. The first-order chi connectivity index (χ1) is 6.56. The third kappa shape index (κ3) is 1.82. The smallest absolute Gasteiger partial charge is 0.320 e. The predicted molar refractivity (Wildman–Crippen MR) is 52.3 cm³/mol. The lowest BCUT2D eigenvalue weighted by molar-refractivity contribution is 0.253.